The predicted octanol–water partition coefficient (Wildman–Crippen LogP) is 3.51. The van der Waals surface area contributed by atoms with Crippen LogP contribution in [0.4, 0.5) is 0 Å². The van der Waals surface area contributed by atoms with Gasteiger partial charge in [0.25, 0.3) is 0 Å². The summed E-state index contributed by atoms with van der Waals surface area (Å²) in [6, 6.07) is 16.0. The Morgan fingerprint density at radius 1 is 0.852 bits per heavy atom. The van der Waals surface area contributed by atoms with E-state index in [9.17, 15) is 5.11 Å². The fraction of sp³-hybridized carbons (Fsp3) is 0.455. The topological polar surface area (TPSA) is 51.2 Å². The molecule has 0 saturated heterocycles. The van der Waals surface area contributed by atoms with Gasteiger partial charge in [-0.3, -0.25) is 0 Å². The summed E-state index contributed by atoms with van der Waals surface area (Å²) in [6.45, 7) is 5.02. The van der Waals surface area contributed by atoms with Gasteiger partial charge in [-0.05, 0) is 56.3 Å². The summed E-state index contributed by atoms with van der Waals surface area (Å²) in [7, 11) is 5.29. The quantitative estimate of drug-likeness (QED) is 0.691. The predicted molar refractivity (Wildman–Crippen MR) is 108 cm³/mol. The molecule has 1 atom stereocenters. The van der Waals surface area contributed by atoms with Crippen LogP contribution in [0.3, 0.4) is 0 Å². The van der Waals surface area contributed by atoms with E-state index in [-0.39, 0.29) is 12.7 Å². The number of rotatable bonds is 10. The van der Waals surface area contributed by atoms with Gasteiger partial charge in [-0.25, -0.2) is 0 Å². The molecule has 0 radical (unpaired) electrons. The highest BCUT2D eigenvalue weighted by molar-refractivity contribution is 5.36. The van der Waals surface area contributed by atoms with Gasteiger partial charge in [0.2, 0.25) is 0 Å². The number of benzene rings is 2. The number of hydrogen-bond acceptors (Lipinski definition) is 5. The number of aliphatic hydroxyl groups excluding tert-OH is 1. The Kier molecular flexibility index (Phi) is 8.10. The van der Waals surface area contributed by atoms with Crippen LogP contribution in [0.5, 0.6) is 11.5 Å². The lowest BCUT2D eigenvalue weighted by Crippen LogP contribution is -2.36. The van der Waals surface area contributed by atoms with Gasteiger partial charge in [0.1, 0.15) is 17.6 Å². The van der Waals surface area contributed by atoms with E-state index < -0.39 is 6.10 Å². The van der Waals surface area contributed by atoms with Crippen molar-refractivity contribution in [2.24, 2.45) is 0 Å². The molecule has 2 rings (SSSR count). The van der Waals surface area contributed by atoms with E-state index in [0.29, 0.717) is 12.6 Å². The zero-order valence-electron chi connectivity index (χ0n) is 16.9. The van der Waals surface area contributed by atoms with Crippen LogP contribution in [0.15, 0.2) is 48.5 Å². The first kappa shape index (κ1) is 21.2. The van der Waals surface area contributed by atoms with E-state index in [1.54, 1.807) is 14.2 Å². The maximum Gasteiger partial charge on any atom is 0.118 e. The Morgan fingerprint density at radius 3 is 1.67 bits per heavy atom. The molecule has 0 fully saturated rings. The summed E-state index contributed by atoms with van der Waals surface area (Å²) in [6.07, 6.45) is -0.836. The number of aliphatic hydroxyl groups is 1. The van der Waals surface area contributed by atoms with Crippen LogP contribution in [0.2, 0.25) is 0 Å². The molecule has 0 amide bonds. The normalized spacial score (nSPS) is 12.6. The second-order valence-electron chi connectivity index (χ2n) is 6.95. The molecule has 2 aromatic carbocycles. The molecule has 27 heavy (non-hydrogen) atoms. The molecule has 2 aromatic rings. The van der Waals surface area contributed by atoms with Crippen molar-refractivity contribution in [3.05, 3.63) is 59.7 Å². The van der Waals surface area contributed by atoms with Crippen molar-refractivity contribution in [1.82, 2.24) is 4.90 Å². The van der Waals surface area contributed by atoms with Crippen molar-refractivity contribution >= 4 is 0 Å². The molecule has 0 heterocycles. The lowest BCUT2D eigenvalue weighted by atomic mass is 10.0. The molecule has 0 spiro atoms. The van der Waals surface area contributed by atoms with E-state index >= 15 is 0 Å². The van der Waals surface area contributed by atoms with Gasteiger partial charge in [-0.1, -0.05) is 24.3 Å². The molecule has 0 aliphatic heterocycles. The highest BCUT2D eigenvalue weighted by atomic mass is 16.5. The fourth-order valence-electron chi connectivity index (χ4n) is 2.75. The summed E-state index contributed by atoms with van der Waals surface area (Å²) < 4.78 is 16.6. The fourth-order valence-corrected chi connectivity index (χ4v) is 2.75. The minimum atomic E-state index is -0.559. The van der Waals surface area contributed by atoms with Crippen molar-refractivity contribution in [3.8, 4) is 11.5 Å². The highest BCUT2D eigenvalue weighted by Gasteiger charge is 2.18. The minimum absolute atomic E-state index is 0.250. The van der Waals surface area contributed by atoms with Gasteiger partial charge >= 0.3 is 0 Å². The lowest BCUT2D eigenvalue weighted by molar-refractivity contribution is -0.00852. The number of nitrogens with zero attached hydrogens (tertiary/aromatic N) is 1. The van der Waals surface area contributed by atoms with E-state index in [1.165, 1.54) is 0 Å². The van der Waals surface area contributed by atoms with Crippen molar-refractivity contribution in [1.29, 1.82) is 0 Å². The maximum absolute atomic E-state index is 10.4. The molecule has 5 heteroatoms. The van der Waals surface area contributed by atoms with Gasteiger partial charge in [0, 0.05) is 12.6 Å². The molecule has 5 nitrogen and oxygen atoms in total. The Labute approximate surface area is 162 Å². The van der Waals surface area contributed by atoms with Crippen LogP contribution < -0.4 is 9.47 Å². The first-order valence-electron chi connectivity index (χ1n) is 9.22. The Balaban J connectivity index is 2.15. The number of ether oxygens (including phenoxy) is 3. The van der Waals surface area contributed by atoms with Crippen LogP contribution in [-0.4, -0.2) is 56.6 Å². The summed E-state index contributed by atoms with van der Waals surface area (Å²) >= 11 is 0. The Morgan fingerprint density at radius 2 is 1.30 bits per heavy atom. The van der Waals surface area contributed by atoms with E-state index in [4.69, 9.17) is 14.2 Å². The van der Waals surface area contributed by atoms with Gasteiger partial charge in [0.15, 0.2) is 0 Å². The van der Waals surface area contributed by atoms with Crippen molar-refractivity contribution in [3.63, 3.8) is 0 Å². The van der Waals surface area contributed by atoms with Crippen LogP contribution in [-0.2, 0) is 4.74 Å². The third-order valence-electron chi connectivity index (χ3n) is 4.67. The lowest BCUT2D eigenvalue weighted by Gasteiger charge is -2.26. The van der Waals surface area contributed by atoms with Gasteiger partial charge in [-0.15, -0.1) is 0 Å². The summed E-state index contributed by atoms with van der Waals surface area (Å²) in [5, 5.41) is 10.4. The average molecular weight is 373 g/mol. The van der Waals surface area contributed by atoms with Crippen LogP contribution in [0.25, 0.3) is 0 Å². The number of methoxy groups -OCH3 is 2. The number of likely N-dealkylation sites (N-methyl/N-ethyl adjacent to an activating group) is 1. The minimum Gasteiger partial charge on any atom is -0.497 e. The summed E-state index contributed by atoms with van der Waals surface area (Å²) in [5.74, 6) is 1.59. The molecular formula is C22H31NO4. The first-order valence-corrected chi connectivity index (χ1v) is 9.22. The third-order valence-corrected chi connectivity index (χ3v) is 4.67. The van der Waals surface area contributed by atoms with Crippen LogP contribution in [0, 0.1) is 0 Å². The van der Waals surface area contributed by atoms with Crippen molar-refractivity contribution < 1.29 is 19.3 Å². The second kappa shape index (κ2) is 10.3. The van der Waals surface area contributed by atoms with E-state index in [0.717, 1.165) is 22.6 Å². The highest BCUT2D eigenvalue weighted by Crippen LogP contribution is 2.29. The van der Waals surface area contributed by atoms with Crippen molar-refractivity contribution in [2.45, 2.75) is 32.1 Å². The van der Waals surface area contributed by atoms with E-state index in [1.807, 2.05) is 55.6 Å². The summed E-state index contributed by atoms with van der Waals surface area (Å²) in [4.78, 5) is 2.10. The molecule has 148 valence electrons. The van der Waals surface area contributed by atoms with Gasteiger partial charge in [0.05, 0.1) is 26.9 Å². The smallest absolute Gasteiger partial charge is 0.118 e. The van der Waals surface area contributed by atoms with E-state index in [2.05, 4.69) is 18.7 Å². The van der Waals surface area contributed by atoms with Crippen LogP contribution in [0.1, 0.15) is 31.1 Å². The Hall–Kier alpha value is -2.08. The van der Waals surface area contributed by atoms with Crippen molar-refractivity contribution in [2.75, 3.05) is 34.4 Å². The standard InChI is InChI=1S/C22H31NO4/c1-16(2)23(3)14-19(24)15-27-22(17-6-10-20(25-4)11-7-17)18-8-12-21(26-5)13-9-18/h6-13,16,19,22,24H,14-15H2,1-5H3/t19-/m1/s1. The zero-order valence-corrected chi connectivity index (χ0v) is 16.9. The maximum atomic E-state index is 10.4. The first-order chi connectivity index (χ1) is 12.9. The molecule has 0 aliphatic carbocycles. The van der Waals surface area contributed by atoms with Gasteiger partial charge < -0.3 is 24.2 Å². The molecule has 0 aromatic heterocycles. The average Bonchev–Trinajstić information content (AvgIpc) is 2.69. The zero-order chi connectivity index (χ0) is 19.8. The molecule has 0 unspecified atom stereocenters. The molecule has 0 aliphatic rings. The SMILES string of the molecule is COc1ccc(C(OC[C@H](O)CN(C)C(C)C)c2ccc(OC)cc2)cc1. The largest absolute Gasteiger partial charge is 0.497 e. The molecular weight excluding hydrogens is 342 g/mol. The molecule has 0 bridgehead atoms. The second-order valence-corrected chi connectivity index (χ2v) is 6.95. The monoisotopic (exact) mass is 373 g/mol. The summed E-state index contributed by atoms with van der Waals surface area (Å²) in [5.41, 5.74) is 2.01. The third kappa shape index (κ3) is 6.24. The number of hydrogen-bond donors (Lipinski definition) is 1. The molecule has 1 N–H and O–H groups in total. The Bertz CT molecular complexity index is 622. The van der Waals surface area contributed by atoms with Crippen LogP contribution >= 0.6 is 0 Å². The van der Waals surface area contributed by atoms with Gasteiger partial charge in [-0.2, -0.15) is 0 Å². The molecule has 0 saturated carbocycles.